The molecule has 4 rings (SSSR count). The van der Waals surface area contributed by atoms with Crippen LogP contribution in [0.3, 0.4) is 0 Å². The van der Waals surface area contributed by atoms with Gasteiger partial charge in [0.2, 0.25) is 0 Å². The standard InChI is InChI=1S/C27H35N/c1-20(2)26-11-10-24(18-21(26)3)22(4)28-16-14-27(15-17-28)13-12-23-8-6-5-7-9-25(23)19-27/h5-8,10-11,18,20H,4,9,12-17,19H2,1-3H3. The molecule has 28 heavy (non-hydrogen) atoms. The number of likely N-dealkylation sites (tertiary alicyclic amines) is 1. The fourth-order valence-electron chi connectivity index (χ4n) is 5.46. The number of aryl methyl sites for hydroxylation is 1. The first-order chi connectivity index (χ1) is 13.5. The lowest BCUT2D eigenvalue weighted by Crippen LogP contribution is -2.40. The maximum Gasteiger partial charge on any atom is 0.0366 e. The van der Waals surface area contributed by atoms with Gasteiger partial charge < -0.3 is 4.90 Å². The summed E-state index contributed by atoms with van der Waals surface area (Å²) in [5.74, 6) is 0.580. The van der Waals surface area contributed by atoms with Crippen LogP contribution < -0.4 is 0 Å². The van der Waals surface area contributed by atoms with E-state index < -0.39 is 0 Å². The maximum absolute atomic E-state index is 4.47. The summed E-state index contributed by atoms with van der Waals surface area (Å²) >= 11 is 0. The Morgan fingerprint density at radius 2 is 1.89 bits per heavy atom. The molecule has 2 aliphatic carbocycles. The molecule has 1 heterocycles. The molecule has 1 saturated heterocycles. The Bertz CT molecular complexity index is 841. The summed E-state index contributed by atoms with van der Waals surface area (Å²) in [5, 5.41) is 0. The van der Waals surface area contributed by atoms with Crippen LogP contribution in [0.15, 0.2) is 60.2 Å². The summed E-state index contributed by atoms with van der Waals surface area (Å²) < 4.78 is 0. The number of benzene rings is 1. The topological polar surface area (TPSA) is 3.24 Å². The van der Waals surface area contributed by atoms with Crippen LogP contribution in [0.2, 0.25) is 0 Å². The highest BCUT2D eigenvalue weighted by molar-refractivity contribution is 5.63. The molecule has 1 nitrogen and oxygen atoms in total. The molecule has 1 aliphatic heterocycles. The largest absolute Gasteiger partial charge is 0.371 e. The molecule has 1 aromatic rings. The number of rotatable bonds is 3. The SMILES string of the molecule is C=C(c1ccc(C(C)C)c(C)c1)N1CCC2(CCC3=C(CC=CC=C3)C2)CC1. The summed E-state index contributed by atoms with van der Waals surface area (Å²) in [4.78, 5) is 2.53. The number of allylic oxidation sites excluding steroid dienone is 6. The molecule has 0 saturated carbocycles. The molecular weight excluding hydrogens is 338 g/mol. The van der Waals surface area contributed by atoms with E-state index in [0.717, 1.165) is 19.5 Å². The van der Waals surface area contributed by atoms with Crippen molar-refractivity contribution >= 4 is 5.70 Å². The lowest BCUT2D eigenvalue weighted by atomic mass is 9.65. The third kappa shape index (κ3) is 3.77. The van der Waals surface area contributed by atoms with E-state index in [2.05, 4.69) is 74.8 Å². The first-order valence-electron chi connectivity index (χ1n) is 11.1. The van der Waals surface area contributed by atoms with Gasteiger partial charge in [-0.2, -0.15) is 0 Å². The normalized spacial score (nSPS) is 21.2. The van der Waals surface area contributed by atoms with Gasteiger partial charge in [-0.15, -0.1) is 0 Å². The molecule has 1 spiro atoms. The zero-order valence-corrected chi connectivity index (χ0v) is 17.9. The van der Waals surface area contributed by atoms with Crippen molar-refractivity contribution in [3.05, 3.63) is 76.9 Å². The summed E-state index contributed by atoms with van der Waals surface area (Å²) in [6, 6.07) is 6.91. The number of piperidine rings is 1. The molecule has 0 unspecified atom stereocenters. The number of hydrogen-bond acceptors (Lipinski definition) is 1. The monoisotopic (exact) mass is 373 g/mol. The first-order valence-corrected chi connectivity index (χ1v) is 11.1. The minimum absolute atomic E-state index is 0.527. The van der Waals surface area contributed by atoms with Gasteiger partial charge in [0.05, 0.1) is 0 Å². The molecular formula is C27H35N. The van der Waals surface area contributed by atoms with Gasteiger partial charge in [-0.1, -0.05) is 62.4 Å². The Labute approximate surface area is 171 Å². The van der Waals surface area contributed by atoms with E-state index >= 15 is 0 Å². The van der Waals surface area contributed by atoms with Crippen molar-refractivity contribution in [3.8, 4) is 0 Å². The first kappa shape index (κ1) is 19.3. The van der Waals surface area contributed by atoms with Crippen molar-refractivity contribution in [2.24, 2.45) is 5.41 Å². The van der Waals surface area contributed by atoms with Gasteiger partial charge in [-0.25, -0.2) is 0 Å². The van der Waals surface area contributed by atoms with Gasteiger partial charge in [-0.05, 0) is 85.1 Å². The van der Waals surface area contributed by atoms with Crippen molar-refractivity contribution in [3.63, 3.8) is 0 Å². The Morgan fingerprint density at radius 1 is 1.11 bits per heavy atom. The van der Waals surface area contributed by atoms with E-state index in [-0.39, 0.29) is 0 Å². The van der Waals surface area contributed by atoms with Gasteiger partial charge in [0, 0.05) is 18.8 Å². The van der Waals surface area contributed by atoms with Crippen LogP contribution in [0.1, 0.15) is 75.0 Å². The maximum atomic E-state index is 4.47. The minimum atomic E-state index is 0.527. The Hall–Kier alpha value is -2.02. The molecule has 0 aromatic heterocycles. The van der Waals surface area contributed by atoms with Crippen LogP contribution in [0.5, 0.6) is 0 Å². The molecule has 0 amide bonds. The predicted molar refractivity (Wildman–Crippen MR) is 121 cm³/mol. The van der Waals surface area contributed by atoms with Gasteiger partial charge in [0.1, 0.15) is 0 Å². The fraction of sp³-hybridized carbons (Fsp3) is 0.481. The second kappa shape index (κ2) is 7.78. The molecule has 0 N–H and O–H groups in total. The van der Waals surface area contributed by atoms with Crippen LogP contribution in [-0.2, 0) is 0 Å². The molecule has 0 radical (unpaired) electrons. The zero-order chi connectivity index (χ0) is 19.7. The van der Waals surface area contributed by atoms with E-state index in [1.165, 1.54) is 54.5 Å². The van der Waals surface area contributed by atoms with Crippen LogP contribution in [0.4, 0.5) is 0 Å². The van der Waals surface area contributed by atoms with Gasteiger partial charge >= 0.3 is 0 Å². The smallest absolute Gasteiger partial charge is 0.0366 e. The third-order valence-corrected chi connectivity index (χ3v) is 7.31. The molecule has 1 heteroatoms. The second-order valence-corrected chi connectivity index (χ2v) is 9.46. The highest BCUT2D eigenvalue weighted by atomic mass is 15.1. The van der Waals surface area contributed by atoms with Crippen LogP contribution in [-0.4, -0.2) is 18.0 Å². The summed E-state index contributed by atoms with van der Waals surface area (Å²) in [5.41, 5.74) is 9.19. The molecule has 1 aromatic carbocycles. The minimum Gasteiger partial charge on any atom is -0.371 e. The highest BCUT2D eigenvalue weighted by Gasteiger charge is 2.38. The van der Waals surface area contributed by atoms with E-state index in [9.17, 15) is 0 Å². The van der Waals surface area contributed by atoms with Crippen molar-refractivity contribution in [1.29, 1.82) is 0 Å². The second-order valence-electron chi connectivity index (χ2n) is 9.46. The van der Waals surface area contributed by atoms with Crippen molar-refractivity contribution in [2.75, 3.05) is 13.1 Å². The average Bonchev–Trinajstić information content (AvgIpc) is 2.92. The Morgan fingerprint density at radius 3 is 2.61 bits per heavy atom. The molecule has 3 aliphatic rings. The van der Waals surface area contributed by atoms with Crippen molar-refractivity contribution in [1.82, 2.24) is 4.90 Å². The lowest BCUT2D eigenvalue weighted by Gasteiger charge is -2.46. The van der Waals surface area contributed by atoms with Crippen molar-refractivity contribution < 1.29 is 0 Å². The predicted octanol–water partition coefficient (Wildman–Crippen LogP) is 7.17. The molecule has 0 atom stereocenters. The quantitative estimate of drug-likeness (QED) is 0.543. The Balaban J connectivity index is 1.42. The van der Waals surface area contributed by atoms with Crippen molar-refractivity contribution in [2.45, 2.75) is 65.2 Å². The fourth-order valence-corrected chi connectivity index (χ4v) is 5.46. The summed E-state index contributed by atoms with van der Waals surface area (Å²) in [6.07, 6.45) is 16.8. The highest BCUT2D eigenvalue weighted by Crippen LogP contribution is 2.48. The van der Waals surface area contributed by atoms with E-state index in [4.69, 9.17) is 0 Å². The number of nitrogens with zero attached hydrogens (tertiary/aromatic N) is 1. The van der Waals surface area contributed by atoms with Gasteiger partial charge in [0.25, 0.3) is 0 Å². The van der Waals surface area contributed by atoms with Gasteiger partial charge in [0.15, 0.2) is 0 Å². The molecule has 0 bridgehead atoms. The van der Waals surface area contributed by atoms with E-state index in [0.29, 0.717) is 11.3 Å². The van der Waals surface area contributed by atoms with Gasteiger partial charge in [-0.3, -0.25) is 0 Å². The zero-order valence-electron chi connectivity index (χ0n) is 17.9. The van der Waals surface area contributed by atoms with Crippen LogP contribution >= 0.6 is 0 Å². The van der Waals surface area contributed by atoms with Crippen LogP contribution in [0, 0.1) is 12.3 Å². The molecule has 148 valence electrons. The van der Waals surface area contributed by atoms with E-state index in [1.54, 1.807) is 11.1 Å². The third-order valence-electron chi connectivity index (χ3n) is 7.31. The lowest BCUT2D eigenvalue weighted by molar-refractivity contribution is 0.123. The van der Waals surface area contributed by atoms with Crippen LogP contribution in [0.25, 0.3) is 5.70 Å². The summed E-state index contributed by atoms with van der Waals surface area (Å²) in [6.45, 7) is 13.6. The average molecular weight is 374 g/mol. The van der Waals surface area contributed by atoms with E-state index in [1.807, 2.05) is 0 Å². The Kier molecular flexibility index (Phi) is 5.36. The number of hydrogen-bond donors (Lipinski definition) is 0. The summed E-state index contributed by atoms with van der Waals surface area (Å²) in [7, 11) is 0. The molecule has 1 fully saturated rings.